The van der Waals surface area contributed by atoms with E-state index in [4.69, 9.17) is 28.3 Å². The van der Waals surface area contributed by atoms with Gasteiger partial charge in [-0.15, -0.1) is 0 Å². The number of hydrogen-bond acceptors (Lipinski definition) is 2. The first-order valence-electron chi connectivity index (χ1n) is 8.34. The Morgan fingerprint density at radius 3 is 2.30 bits per heavy atom. The molecule has 0 N–H and O–H groups in total. The summed E-state index contributed by atoms with van der Waals surface area (Å²) in [6, 6.07) is 20.0. The molecule has 27 heavy (non-hydrogen) atoms. The summed E-state index contributed by atoms with van der Waals surface area (Å²) in [4.78, 5) is 0. The van der Waals surface area contributed by atoms with Crippen molar-refractivity contribution in [1.82, 2.24) is 0 Å². The first-order valence-corrected chi connectivity index (χ1v) is 9.89. The van der Waals surface area contributed by atoms with Crippen LogP contribution in [0.4, 0.5) is 10.1 Å². The zero-order chi connectivity index (χ0) is 19.0. The van der Waals surface area contributed by atoms with E-state index in [-0.39, 0.29) is 11.9 Å². The van der Waals surface area contributed by atoms with Crippen LogP contribution in [0.1, 0.15) is 23.6 Å². The van der Waals surface area contributed by atoms with Crippen molar-refractivity contribution >= 4 is 50.5 Å². The van der Waals surface area contributed by atoms with Crippen LogP contribution in [0, 0.1) is 5.82 Å². The van der Waals surface area contributed by atoms with Crippen LogP contribution >= 0.6 is 39.1 Å². The summed E-state index contributed by atoms with van der Waals surface area (Å²) in [5, 5.41) is 7.74. The fourth-order valence-electron chi connectivity index (χ4n) is 3.14. The van der Waals surface area contributed by atoms with Gasteiger partial charge in [-0.25, -0.2) is 4.39 Å². The van der Waals surface area contributed by atoms with E-state index in [2.05, 4.69) is 15.9 Å². The van der Waals surface area contributed by atoms with Crippen molar-refractivity contribution in [1.29, 1.82) is 0 Å². The van der Waals surface area contributed by atoms with Crippen LogP contribution in [0.2, 0.25) is 10.0 Å². The molecule has 0 aromatic heterocycles. The maximum absolute atomic E-state index is 13.4. The van der Waals surface area contributed by atoms with Crippen LogP contribution in [-0.4, -0.2) is 5.71 Å². The van der Waals surface area contributed by atoms with Gasteiger partial charge in [0.15, 0.2) is 0 Å². The van der Waals surface area contributed by atoms with Crippen molar-refractivity contribution in [2.24, 2.45) is 5.10 Å². The van der Waals surface area contributed by atoms with E-state index in [1.807, 2.05) is 35.3 Å². The minimum Gasteiger partial charge on any atom is -0.257 e. The Morgan fingerprint density at radius 2 is 1.63 bits per heavy atom. The van der Waals surface area contributed by atoms with E-state index in [1.54, 1.807) is 24.3 Å². The quantitative estimate of drug-likeness (QED) is 0.399. The molecule has 0 radical (unpaired) electrons. The lowest BCUT2D eigenvalue weighted by atomic mass is 9.98. The lowest BCUT2D eigenvalue weighted by Crippen LogP contribution is -2.18. The number of nitrogens with zero attached hydrogens (tertiary/aromatic N) is 2. The van der Waals surface area contributed by atoms with Crippen molar-refractivity contribution in [2.45, 2.75) is 12.5 Å². The van der Waals surface area contributed by atoms with Gasteiger partial charge in [-0.1, -0.05) is 63.4 Å². The zero-order valence-corrected chi connectivity index (χ0v) is 17.1. The summed E-state index contributed by atoms with van der Waals surface area (Å²) >= 11 is 15.7. The maximum atomic E-state index is 13.4. The first kappa shape index (κ1) is 18.5. The Bertz CT molecular complexity index is 1000. The molecule has 1 aliphatic heterocycles. The number of rotatable bonds is 3. The highest BCUT2D eigenvalue weighted by Gasteiger charge is 2.30. The Morgan fingerprint density at radius 1 is 0.926 bits per heavy atom. The summed E-state index contributed by atoms with van der Waals surface area (Å²) in [5.74, 6) is -0.258. The van der Waals surface area contributed by atoms with Crippen molar-refractivity contribution in [2.75, 3.05) is 5.01 Å². The van der Waals surface area contributed by atoms with Crippen LogP contribution in [0.5, 0.6) is 0 Å². The van der Waals surface area contributed by atoms with Gasteiger partial charge in [-0.2, -0.15) is 5.10 Å². The zero-order valence-electron chi connectivity index (χ0n) is 14.0. The summed E-state index contributed by atoms with van der Waals surface area (Å²) < 4.78 is 14.4. The molecule has 4 rings (SSSR count). The number of hydrogen-bond donors (Lipinski definition) is 0. The standard InChI is InChI=1S/C21H14BrCl2FN2/c22-15-5-1-13(2-6-15)20-12-21(14-3-7-16(25)8-4-14)27(26-20)17-9-10-18(23)19(24)11-17/h1-11,21H,12H2/t21-/m1/s1. The summed E-state index contributed by atoms with van der Waals surface area (Å²) in [5.41, 5.74) is 3.83. The molecule has 0 saturated heterocycles. The molecule has 0 saturated carbocycles. The van der Waals surface area contributed by atoms with Gasteiger partial charge in [0.25, 0.3) is 0 Å². The predicted molar refractivity (Wildman–Crippen MR) is 113 cm³/mol. The molecule has 0 spiro atoms. The first-order chi connectivity index (χ1) is 13.0. The van der Waals surface area contributed by atoms with E-state index in [1.165, 1.54) is 12.1 Å². The Balaban J connectivity index is 1.76. The second-order valence-corrected chi connectivity index (χ2v) is 8.00. The average molecular weight is 464 g/mol. The second-order valence-electron chi connectivity index (χ2n) is 6.27. The van der Waals surface area contributed by atoms with Crippen LogP contribution < -0.4 is 5.01 Å². The van der Waals surface area contributed by atoms with E-state index in [0.29, 0.717) is 16.5 Å². The fraction of sp³-hybridized carbons (Fsp3) is 0.0952. The number of benzene rings is 3. The van der Waals surface area contributed by atoms with E-state index in [9.17, 15) is 4.39 Å². The lowest BCUT2D eigenvalue weighted by molar-refractivity contribution is 0.624. The Labute approximate surface area is 175 Å². The highest BCUT2D eigenvalue weighted by molar-refractivity contribution is 9.10. The Kier molecular flexibility index (Phi) is 5.22. The van der Waals surface area contributed by atoms with Gasteiger partial charge in [0, 0.05) is 10.9 Å². The van der Waals surface area contributed by atoms with Gasteiger partial charge in [0.05, 0.1) is 27.5 Å². The highest BCUT2D eigenvalue weighted by Crippen LogP contribution is 2.38. The third-order valence-corrected chi connectivity index (χ3v) is 5.78. The predicted octanol–water partition coefficient (Wildman–Crippen LogP) is 7.25. The van der Waals surface area contributed by atoms with E-state index in [0.717, 1.165) is 27.0 Å². The summed E-state index contributed by atoms with van der Waals surface area (Å²) in [6.07, 6.45) is 0.702. The molecule has 1 heterocycles. The van der Waals surface area contributed by atoms with Gasteiger partial charge in [0.2, 0.25) is 0 Å². The Hall–Kier alpha value is -1.88. The molecule has 0 bridgehead atoms. The monoisotopic (exact) mass is 462 g/mol. The molecule has 0 amide bonds. The molecule has 3 aromatic rings. The van der Waals surface area contributed by atoms with Gasteiger partial charge >= 0.3 is 0 Å². The normalized spacial score (nSPS) is 16.5. The third-order valence-electron chi connectivity index (χ3n) is 4.51. The van der Waals surface area contributed by atoms with Crippen molar-refractivity contribution in [3.63, 3.8) is 0 Å². The van der Waals surface area contributed by atoms with Crippen molar-refractivity contribution in [3.8, 4) is 0 Å². The van der Waals surface area contributed by atoms with Gasteiger partial charge in [-0.05, 0) is 53.6 Å². The molecule has 6 heteroatoms. The SMILES string of the molecule is Fc1ccc([C@H]2CC(c3ccc(Br)cc3)=NN2c2ccc(Cl)c(Cl)c2)cc1. The molecule has 1 aliphatic rings. The molecule has 0 aliphatic carbocycles. The smallest absolute Gasteiger partial charge is 0.123 e. The number of halogens is 4. The summed E-state index contributed by atoms with van der Waals surface area (Å²) in [6.45, 7) is 0. The molecule has 0 unspecified atom stereocenters. The molecular weight excluding hydrogens is 450 g/mol. The van der Waals surface area contributed by atoms with E-state index < -0.39 is 0 Å². The molecular formula is C21H14BrCl2FN2. The third kappa shape index (κ3) is 3.88. The van der Waals surface area contributed by atoms with Crippen LogP contribution in [0.25, 0.3) is 0 Å². The number of hydrazone groups is 1. The second kappa shape index (κ2) is 7.63. The molecule has 3 aromatic carbocycles. The maximum Gasteiger partial charge on any atom is 0.123 e. The van der Waals surface area contributed by atoms with Gasteiger partial charge < -0.3 is 0 Å². The molecule has 0 fully saturated rings. The van der Waals surface area contributed by atoms with Gasteiger partial charge in [-0.3, -0.25) is 5.01 Å². The topological polar surface area (TPSA) is 15.6 Å². The van der Waals surface area contributed by atoms with Gasteiger partial charge in [0.1, 0.15) is 5.82 Å². The van der Waals surface area contributed by atoms with Crippen LogP contribution in [0.3, 0.4) is 0 Å². The summed E-state index contributed by atoms with van der Waals surface area (Å²) in [7, 11) is 0. The van der Waals surface area contributed by atoms with Crippen molar-refractivity contribution < 1.29 is 4.39 Å². The molecule has 136 valence electrons. The lowest BCUT2D eigenvalue weighted by Gasteiger charge is -2.24. The average Bonchev–Trinajstić information content (AvgIpc) is 3.10. The molecule has 1 atom stereocenters. The molecule has 2 nitrogen and oxygen atoms in total. The fourth-order valence-corrected chi connectivity index (χ4v) is 3.69. The minimum absolute atomic E-state index is 0.0542. The highest BCUT2D eigenvalue weighted by atomic mass is 79.9. The van der Waals surface area contributed by atoms with Crippen LogP contribution in [-0.2, 0) is 0 Å². The van der Waals surface area contributed by atoms with E-state index >= 15 is 0 Å². The largest absolute Gasteiger partial charge is 0.257 e. The van der Waals surface area contributed by atoms with Crippen LogP contribution in [0.15, 0.2) is 76.3 Å². The van der Waals surface area contributed by atoms with Crippen molar-refractivity contribution in [3.05, 3.63) is 98.2 Å². The number of anilines is 1. The minimum atomic E-state index is -0.258.